The fourth-order valence-corrected chi connectivity index (χ4v) is 1.88. The van der Waals surface area contributed by atoms with E-state index in [-0.39, 0.29) is 0 Å². The molecule has 0 bridgehead atoms. The van der Waals surface area contributed by atoms with Crippen LogP contribution in [0.25, 0.3) is 0 Å². The predicted molar refractivity (Wildman–Crippen MR) is 93.9 cm³/mol. The van der Waals surface area contributed by atoms with Crippen LogP contribution < -0.4 is 5.73 Å². The molecule has 0 heterocycles. The van der Waals surface area contributed by atoms with Gasteiger partial charge in [0.2, 0.25) is 0 Å². The van der Waals surface area contributed by atoms with Crippen LogP contribution in [0.2, 0.25) is 0 Å². The lowest BCUT2D eigenvalue weighted by molar-refractivity contribution is 1.19. The van der Waals surface area contributed by atoms with Crippen molar-refractivity contribution in [2.45, 2.75) is 26.7 Å². The number of allylic oxidation sites excluding steroid dienone is 8. The zero-order valence-electron chi connectivity index (χ0n) is 13.0. The van der Waals surface area contributed by atoms with Gasteiger partial charge in [0.15, 0.2) is 0 Å². The first-order valence-corrected chi connectivity index (χ1v) is 7.27. The normalized spacial score (nSPS) is 13.2. The summed E-state index contributed by atoms with van der Waals surface area (Å²) < 4.78 is 0. The average molecular weight is 279 g/mol. The van der Waals surface area contributed by atoms with Crippen LogP contribution in [0, 0.1) is 0 Å². The van der Waals surface area contributed by atoms with E-state index < -0.39 is 0 Å². The van der Waals surface area contributed by atoms with Gasteiger partial charge < -0.3 is 5.73 Å². The van der Waals surface area contributed by atoms with Gasteiger partial charge in [-0.2, -0.15) is 0 Å². The van der Waals surface area contributed by atoms with Gasteiger partial charge in [0.1, 0.15) is 0 Å². The van der Waals surface area contributed by atoms with Crippen LogP contribution >= 0.6 is 0 Å². The summed E-state index contributed by atoms with van der Waals surface area (Å²) in [5.74, 6) is 0. The van der Waals surface area contributed by atoms with E-state index in [0.717, 1.165) is 24.0 Å². The van der Waals surface area contributed by atoms with Crippen molar-refractivity contribution < 1.29 is 0 Å². The first kappa shape index (κ1) is 16.8. The van der Waals surface area contributed by atoms with E-state index in [0.29, 0.717) is 0 Å². The van der Waals surface area contributed by atoms with Gasteiger partial charge in [0, 0.05) is 0 Å². The Kier molecular flexibility index (Phi) is 7.67. The van der Waals surface area contributed by atoms with Crippen LogP contribution in [0.5, 0.6) is 0 Å². The maximum Gasteiger partial charge on any atom is -0.00564 e. The lowest BCUT2D eigenvalue weighted by Gasteiger charge is -2.05. The van der Waals surface area contributed by atoms with Crippen molar-refractivity contribution >= 4 is 0 Å². The third-order valence-corrected chi connectivity index (χ3v) is 3.28. The summed E-state index contributed by atoms with van der Waals surface area (Å²) in [4.78, 5) is 0. The van der Waals surface area contributed by atoms with Gasteiger partial charge in [-0.1, -0.05) is 66.8 Å². The lowest BCUT2D eigenvalue weighted by atomic mass is 10.0. The van der Waals surface area contributed by atoms with E-state index in [9.17, 15) is 0 Å². The smallest absolute Gasteiger partial charge is 0.00564 e. The molecule has 0 amide bonds. The van der Waals surface area contributed by atoms with Gasteiger partial charge in [-0.25, -0.2) is 0 Å². The molecule has 1 aromatic rings. The Hall–Kier alpha value is -2.28. The molecule has 0 fully saturated rings. The fourth-order valence-electron chi connectivity index (χ4n) is 1.88. The molecule has 1 aromatic carbocycles. The molecule has 0 saturated heterocycles. The van der Waals surface area contributed by atoms with E-state index in [2.05, 4.69) is 62.1 Å². The molecule has 2 N–H and O–H groups in total. The quantitative estimate of drug-likeness (QED) is 0.691. The van der Waals surface area contributed by atoms with Crippen molar-refractivity contribution in [3.8, 4) is 0 Å². The molecule has 21 heavy (non-hydrogen) atoms. The van der Waals surface area contributed by atoms with Gasteiger partial charge >= 0.3 is 0 Å². The Bertz CT molecular complexity index is 557. The summed E-state index contributed by atoms with van der Waals surface area (Å²) in [6, 6.07) is 10.4. The Morgan fingerprint density at radius 3 is 2.52 bits per heavy atom. The second-order valence-corrected chi connectivity index (χ2v) is 4.95. The number of hydrogen-bond acceptors (Lipinski definition) is 1. The van der Waals surface area contributed by atoms with Crippen LogP contribution in [0.1, 0.15) is 25.8 Å². The van der Waals surface area contributed by atoms with Crippen molar-refractivity contribution in [2.24, 2.45) is 5.73 Å². The Balaban J connectivity index is 2.72. The van der Waals surface area contributed by atoms with Crippen molar-refractivity contribution in [1.29, 1.82) is 0 Å². The number of rotatable bonds is 7. The number of hydrogen-bond donors (Lipinski definition) is 1. The predicted octanol–water partition coefficient (Wildman–Crippen LogP) is 5.10. The summed E-state index contributed by atoms with van der Waals surface area (Å²) in [6.07, 6.45) is 13.7. The molecule has 0 aromatic heterocycles. The minimum atomic E-state index is 0.830. The van der Waals surface area contributed by atoms with Gasteiger partial charge in [0.25, 0.3) is 0 Å². The van der Waals surface area contributed by atoms with Crippen LogP contribution in [0.15, 0.2) is 90.2 Å². The monoisotopic (exact) mass is 279 g/mol. The van der Waals surface area contributed by atoms with Gasteiger partial charge in [-0.3, -0.25) is 0 Å². The zero-order chi connectivity index (χ0) is 15.5. The molecule has 0 atom stereocenters. The van der Waals surface area contributed by atoms with E-state index in [1.807, 2.05) is 19.1 Å². The van der Waals surface area contributed by atoms with Crippen molar-refractivity contribution in [1.82, 2.24) is 0 Å². The van der Waals surface area contributed by atoms with Crippen molar-refractivity contribution in [3.63, 3.8) is 0 Å². The molecule has 0 aliphatic carbocycles. The molecule has 1 rings (SSSR count). The molecule has 0 unspecified atom stereocenters. The molecular weight excluding hydrogens is 254 g/mol. The molecule has 0 aliphatic rings. The van der Waals surface area contributed by atoms with E-state index in [1.165, 1.54) is 11.1 Å². The van der Waals surface area contributed by atoms with E-state index in [1.54, 1.807) is 6.20 Å². The average Bonchev–Trinajstić information content (AvgIpc) is 2.52. The van der Waals surface area contributed by atoms with Gasteiger partial charge in [0.05, 0.1) is 0 Å². The molecule has 0 spiro atoms. The molecule has 0 radical (unpaired) electrons. The van der Waals surface area contributed by atoms with E-state index in [4.69, 9.17) is 5.73 Å². The Labute approximate surface area is 128 Å². The first-order valence-electron chi connectivity index (χ1n) is 7.27. The second-order valence-electron chi connectivity index (χ2n) is 4.95. The number of benzene rings is 1. The summed E-state index contributed by atoms with van der Waals surface area (Å²) >= 11 is 0. The highest BCUT2D eigenvalue weighted by Gasteiger charge is 1.98. The van der Waals surface area contributed by atoms with Crippen molar-refractivity contribution in [2.75, 3.05) is 0 Å². The molecule has 110 valence electrons. The summed E-state index contributed by atoms with van der Waals surface area (Å²) in [5.41, 5.74) is 10.3. The summed E-state index contributed by atoms with van der Waals surface area (Å²) in [5, 5.41) is 0. The SMILES string of the molecule is C=C(C/C=C\C(C)=C/C)C(/C=C\N)=C/Cc1ccccc1. The zero-order valence-corrected chi connectivity index (χ0v) is 13.0. The van der Waals surface area contributed by atoms with E-state index >= 15 is 0 Å². The third-order valence-electron chi connectivity index (χ3n) is 3.28. The molecule has 1 nitrogen and oxygen atoms in total. The summed E-state index contributed by atoms with van der Waals surface area (Å²) in [7, 11) is 0. The Morgan fingerprint density at radius 2 is 1.90 bits per heavy atom. The first-order chi connectivity index (χ1) is 10.2. The standard InChI is InChI=1S/C20H25N/c1-4-17(2)9-8-10-18(3)20(15-16-21)14-13-19-11-6-5-7-12-19/h4-9,11-12,14-16H,3,10,13,21H2,1-2H3/b9-8-,16-15-,17-4-,20-14+. The highest BCUT2D eigenvalue weighted by Crippen LogP contribution is 2.16. The fraction of sp³-hybridized carbons (Fsp3) is 0.200. The van der Waals surface area contributed by atoms with Crippen molar-refractivity contribution in [3.05, 3.63) is 95.8 Å². The maximum absolute atomic E-state index is 5.54. The molecular formula is C20H25N. The molecule has 0 aliphatic heterocycles. The highest BCUT2D eigenvalue weighted by molar-refractivity contribution is 5.40. The van der Waals surface area contributed by atoms with Crippen LogP contribution in [-0.4, -0.2) is 0 Å². The molecule has 1 heteroatoms. The Morgan fingerprint density at radius 1 is 1.19 bits per heavy atom. The second kappa shape index (κ2) is 9.60. The number of nitrogens with two attached hydrogens (primary N) is 1. The van der Waals surface area contributed by atoms with Crippen LogP contribution in [0.4, 0.5) is 0 Å². The maximum atomic E-state index is 5.54. The van der Waals surface area contributed by atoms with Crippen LogP contribution in [-0.2, 0) is 6.42 Å². The minimum absolute atomic E-state index is 0.830. The summed E-state index contributed by atoms with van der Waals surface area (Å²) in [6.45, 7) is 8.29. The molecule has 0 saturated carbocycles. The lowest BCUT2D eigenvalue weighted by Crippen LogP contribution is -1.89. The van der Waals surface area contributed by atoms with Gasteiger partial charge in [-0.05, 0) is 55.7 Å². The third kappa shape index (κ3) is 6.62. The van der Waals surface area contributed by atoms with Gasteiger partial charge in [-0.15, -0.1) is 0 Å². The topological polar surface area (TPSA) is 26.0 Å². The largest absolute Gasteiger partial charge is 0.405 e. The van der Waals surface area contributed by atoms with Crippen LogP contribution in [0.3, 0.4) is 0 Å². The highest BCUT2D eigenvalue weighted by atomic mass is 14.5. The minimum Gasteiger partial charge on any atom is -0.405 e.